The van der Waals surface area contributed by atoms with Crippen LogP contribution < -0.4 is 10.0 Å². The predicted octanol–water partition coefficient (Wildman–Crippen LogP) is 3.60. The molecular formula is C20H33N3O5SSi. The van der Waals surface area contributed by atoms with Gasteiger partial charge in [0, 0.05) is 25.2 Å². The second kappa shape index (κ2) is 10.4. The number of nitrogens with zero attached hydrogens (tertiary/aromatic N) is 1. The maximum atomic E-state index is 12.5. The Morgan fingerprint density at radius 1 is 1.33 bits per heavy atom. The molecular weight excluding hydrogens is 422 g/mol. The Hall–Kier alpha value is -1.85. The summed E-state index contributed by atoms with van der Waals surface area (Å²) in [6.45, 7) is 19.4. The van der Waals surface area contributed by atoms with E-state index in [1.54, 1.807) is 6.08 Å². The monoisotopic (exact) mass is 455 g/mol. The van der Waals surface area contributed by atoms with E-state index in [1.807, 2.05) is 0 Å². The first-order valence-electron chi connectivity index (χ1n) is 9.61. The highest BCUT2D eigenvalue weighted by molar-refractivity contribution is 7.89. The SMILES string of the molecule is C=C[C@@H](CNS(=O)(=O)c1ccccc1[N+](=O)[O-])NCC(=C)CO[Si](C)(C)C(C)(C)C. The van der Waals surface area contributed by atoms with Crippen LogP contribution >= 0.6 is 0 Å². The topological polar surface area (TPSA) is 111 Å². The van der Waals surface area contributed by atoms with Crippen LogP contribution in [-0.4, -0.2) is 47.4 Å². The smallest absolute Gasteiger partial charge is 0.289 e. The molecule has 1 aromatic rings. The lowest BCUT2D eigenvalue weighted by Crippen LogP contribution is -2.43. The Kier molecular flexibility index (Phi) is 9.12. The average molecular weight is 456 g/mol. The summed E-state index contributed by atoms with van der Waals surface area (Å²) in [5, 5.41) is 14.4. The van der Waals surface area contributed by atoms with E-state index >= 15 is 0 Å². The molecule has 2 N–H and O–H groups in total. The minimum absolute atomic E-state index is 0.00570. The molecule has 0 saturated carbocycles. The van der Waals surface area contributed by atoms with Gasteiger partial charge in [0.2, 0.25) is 10.0 Å². The zero-order valence-corrected chi connectivity index (χ0v) is 20.2. The van der Waals surface area contributed by atoms with Gasteiger partial charge in [-0.05, 0) is 29.8 Å². The minimum atomic E-state index is -4.05. The lowest BCUT2D eigenvalue weighted by Gasteiger charge is -2.36. The summed E-state index contributed by atoms with van der Waals surface area (Å²) in [5.74, 6) is 0. The Labute approximate surface area is 180 Å². The number of para-hydroxylation sites is 1. The van der Waals surface area contributed by atoms with E-state index in [1.165, 1.54) is 18.2 Å². The van der Waals surface area contributed by atoms with Crippen LogP contribution in [0.15, 0.2) is 54.0 Å². The molecule has 0 radical (unpaired) electrons. The predicted molar refractivity (Wildman–Crippen MR) is 123 cm³/mol. The van der Waals surface area contributed by atoms with Crippen molar-refractivity contribution in [2.75, 3.05) is 19.7 Å². The molecule has 0 spiro atoms. The summed E-state index contributed by atoms with van der Waals surface area (Å²) < 4.78 is 33.6. The summed E-state index contributed by atoms with van der Waals surface area (Å²) in [6, 6.07) is 4.84. The highest BCUT2D eigenvalue weighted by Crippen LogP contribution is 2.36. The summed E-state index contributed by atoms with van der Waals surface area (Å²) >= 11 is 0. The van der Waals surface area contributed by atoms with Gasteiger partial charge in [-0.1, -0.05) is 45.6 Å². The summed E-state index contributed by atoms with van der Waals surface area (Å²) in [6.07, 6.45) is 1.57. The second-order valence-electron chi connectivity index (χ2n) is 8.60. The molecule has 1 rings (SSSR count). The number of nitrogens with one attached hydrogen (secondary N) is 2. The van der Waals surface area contributed by atoms with Crippen molar-refractivity contribution in [1.82, 2.24) is 10.0 Å². The maximum absolute atomic E-state index is 12.5. The van der Waals surface area contributed by atoms with Crippen molar-refractivity contribution < 1.29 is 17.8 Å². The second-order valence-corrected chi connectivity index (χ2v) is 15.1. The van der Waals surface area contributed by atoms with E-state index in [0.717, 1.165) is 11.6 Å². The van der Waals surface area contributed by atoms with E-state index in [-0.39, 0.29) is 22.5 Å². The van der Waals surface area contributed by atoms with E-state index in [9.17, 15) is 18.5 Å². The molecule has 8 nitrogen and oxygen atoms in total. The van der Waals surface area contributed by atoms with Gasteiger partial charge in [0.1, 0.15) is 0 Å². The lowest BCUT2D eigenvalue weighted by molar-refractivity contribution is -0.387. The molecule has 0 saturated heterocycles. The first-order valence-corrected chi connectivity index (χ1v) is 14.0. The molecule has 0 unspecified atom stereocenters. The summed E-state index contributed by atoms with van der Waals surface area (Å²) in [5.41, 5.74) is 0.373. The van der Waals surface area contributed by atoms with Gasteiger partial charge in [-0.3, -0.25) is 10.1 Å². The van der Waals surface area contributed by atoms with Gasteiger partial charge in [0.15, 0.2) is 13.2 Å². The Balaban J connectivity index is 2.64. The van der Waals surface area contributed by atoms with Crippen LogP contribution in [-0.2, 0) is 14.4 Å². The van der Waals surface area contributed by atoms with Gasteiger partial charge in [0.25, 0.3) is 5.69 Å². The number of rotatable bonds is 12. The Morgan fingerprint density at radius 2 is 1.93 bits per heavy atom. The fourth-order valence-electron chi connectivity index (χ4n) is 2.18. The maximum Gasteiger partial charge on any atom is 0.289 e. The first kappa shape index (κ1) is 26.2. The first-order chi connectivity index (χ1) is 13.7. The largest absolute Gasteiger partial charge is 0.413 e. The summed E-state index contributed by atoms with van der Waals surface area (Å²) in [7, 11) is -5.93. The van der Waals surface area contributed by atoms with Crippen molar-refractivity contribution in [3.05, 3.63) is 59.2 Å². The quantitative estimate of drug-likeness (QED) is 0.216. The number of nitro groups is 1. The van der Waals surface area contributed by atoms with Crippen molar-refractivity contribution in [2.45, 2.75) is 49.8 Å². The van der Waals surface area contributed by atoms with Crippen LogP contribution in [0.3, 0.4) is 0 Å². The van der Waals surface area contributed by atoms with Gasteiger partial charge in [0.05, 0.1) is 11.5 Å². The molecule has 0 heterocycles. The Morgan fingerprint density at radius 3 is 2.47 bits per heavy atom. The average Bonchev–Trinajstić information content (AvgIpc) is 2.65. The number of hydrogen-bond acceptors (Lipinski definition) is 6. The molecule has 0 aliphatic rings. The molecule has 1 atom stereocenters. The van der Waals surface area contributed by atoms with Crippen LogP contribution in [0, 0.1) is 10.1 Å². The van der Waals surface area contributed by atoms with Crippen LogP contribution in [0.1, 0.15) is 20.8 Å². The van der Waals surface area contributed by atoms with Crippen molar-refractivity contribution in [1.29, 1.82) is 0 Å². The fourth-order valence-corrected chi connectivity index (χ4v) is 4.40. The molecule has 0 bridgehead atoms. The Bertz CT molecular complexity index is 879. The molecule has 10 heteroatoms. The highest BCUT2D eigenvalue weighted by Gasteiger charge is 2.37. The van der Waals surface area contributed by atoms with Gasteiger partial charge in [-0.15, -0.1) is 6.58 Å². The third kappa shape index (κ3) is 7.44. The highest BCUT2D eigenvalue weighted by atomic mass is 32.2. The number of sulfonamides is 1. The summed E-state index contributed by atoms with van der Waals surface area (Å²) in [4.78, 5) is 10.0. The van der Waals surface area contributed by atoms with Gasteiger partial charge in [-0.25, -0.2) is 13.1 Å². The van der Waals surface area contributed by atoms with Crippen LogP contribution in [0.4, 0.5) is 5.69 Å². The third-order valence-electron chi connectivity index (χ3n) is 5.19. The normalized spacial score (nSPS) is 13.6. The van der Waals surface area contributed by atoms with E-state index in [2.05, 4.69) is 57.1 Å². The zero-order chi connectivity index (χ0) is 23.2. The van der Waals surface area contributed by atoms with Crippen molar-refractivity contribution in [2.24, 2.45) is 0 Å². The van der Waals surface area contributed by atoms with Gasteiger partial charge < -0.3 is 9.74 Å². The van der Waals surface area contributed by atoms with Crippen LogP contribution in [0.2, 0.25) is 18.1 Å². The van der Waals surface area contributed by atoms with E-state index in [4.69, 9.17) is 4.43 Å². The number of benzene rings is 1. The molecule has 168 valence electrons. The van der Waals surface area contributed by atoms with Gasteiger partial charge >= 0.3 is 0 Å². The lowest BCUT2D eigenvalue weighted by atomic mass is 10.2. The molecule has 0 aliphatic carbocycles. The number of hydrogen-bond donors (Lipinski definition) is 2. The fraction of sp³-hybridized carbons (Fsp3) is 0.500. The van der Waals surface area contributed by atoms with Crippen LogP contribution in [0.25, 0.3) is 0 Å². The molecule has 0 fully saturated rings. The zero-order valence-electron chi connectivity index (χ0n) is 18.4. The molecule has 30 heavy (non-hydrogen) atoms. The molecule has 0 aliphatic heterocycles. The third-order valence-corrected chi connectivity index (χ3v) is 11.1. The van der Waals surface area contributed by atoms with Crippen molar-refractivity contribution in [3.8, 4) is 0 Å². The minimum Gasteiger partial charge on any atom is -0.413 e. The van der Waals surface area contributed by atoms with Gasteiger partial charge in [-0.2, -0.15) is 0 Å². The van der Waals surface area contributed by atoms with Crippen molar-refractivity contribution in [3.63, 3.8) is 0 Å². The van der Waals surface area contributed by atoms with E-state index < -0.39 is 29.0 Å². The molecule has 0 amide bonds. The number of nitro benzene ring substituents is 1. The molecule has 1 aromatic carbocycles. The standard InChI is InChI=1S/C20H33N3O5SSi/c1-8-17(21-13-16(2)15-28-30(6,7)20(3,4)5)14-22-29(26,27)19-12-10-9-11-18(19)23(24)25/h8-12,17,21-22H,1-2,13-15H2,3-7H3/t17-/m0/s1. The van der Waals surface area contributed by atoms with Crippen LogP contribution in [0.5, 0.6) is 0 Å². The van der Waals surface area contributed by atoms with E-state index in [0.29, 0.717) is 13.2 Å². The molecule has 0 aromatic heterocycles. The van der Waals surface area contributed by atoms with Crippen molar-refractivity contribution >= 4 is 24.0 Å².